The van der Waals surface area contributed by atoms with Crippen molar-refractivity contribution in [3.63, 3.8) is 0 Å². The highest BCUT2D eigenvalue weighted by Crippen LogP contribution is 2.34. The highest BCUT2D eigenvalue weighted by atomic mass is 16.5. The van der Waals surface area contributed by atoms with Crippen molar-refractivity contribution in [3.05, 3.63) is 71.7 Å². The van der Waals surface area contributed by atoms with Crippen molar-refractivity contribution in [1.29, 1.82) is 0 Å². The van der Waals surface area contributed by atoms with E-state index in [0.29, 0.717) is 46.7 Å². The number of Topliss-reactive ketones (excluding diaryl/α,β-unsaturated/α-hetero) is 1. The van der Waals surface area contributed by atoms with Gasteiger partial charge in [0.25, 0.3) is 11.8 Å². The molecule has 1 aliphatic heterocycles. The highest BCUT2D eigenvalue weighted by molar-refractivity contribution is 6.02. The molecule has 2 aliphatic rings. The Morgan fingerprint density at radius 3 is 2.58 bits per heavy atom. The zero-order chi connectivity index (χ0) is 25.1. The number of benzene rings is 2. The van der Waals surface area contributed by atoms with Gasteiger partial charge >= 0.3 is 0 Å². The number of carbonyl (C=O) groups excluding carboxylic acids is 3. The minimum Gasteiger partial charge on any atom is -0.497 e. The van der Waals surface area contributed by atoms with Gasteiger partial charge in [0, 0.05) is 12.1 Å². The zero-order valence-electron chi connectivity index (χ0n) is 19.8. The molecule has 2 heterocycles. The molecule has 0 radical (unpaired) electrons. The lowest BCUT2D eigenvalue weighted by atomic mass is 10.1. The lowest BCUT2D eigenvalue weighted by Crippen LogP contribution is -2.38. The number of anilines is 1. The van der Waals surface area contributed by atoms with Crippen LogP contribution in [0, 0.1) is 5.92 Å². The summed E-state index contributed by atoms with van der Waals surface area (Å²) in [6.45, 7) is 0.446. The summed E-state index contributed by atoms with van der Waals surface area (Å²) in [5.41, 5.74) is 0.836. The number of hydrogen-bond acceptors (Lipinski definition) is 7. The first-order valence-corrected chi connectivity index (χ1v) is 11.7. The maximum atomic E-state index is 12.8. The van der Waals surface area contributed by atoms with E-state index in [0.717, 1.165) is 12.8 Å². The van der Waals surface area contributed by atoms with Gasteiger partial charge in [-0.15, -0.1) is 0 Å². The monoisotopic (exact) mass is 490 g/mol. The molecule has 186 valence electrons. The number of amides is 2. The molecule has 9 nitrogen and oxygen atoms in total. The van der Waals surface area contributed by atoms with Gasteiger partial charge < -0.3 is 23.9 Å². The molecule has 0 unspecified atom stereocenters. The van der Waals surface area contributed by atoms with Crippen LogP contribution in [0.4, 0.5) is 5.69 Å². The summed E-state index contributed by atoms with van der Waals surface area (Å²) in [6.07, 6.45) is 2.28. The molecule has 2 aromatic carbocycles. The number of carbonyl (C=O) groups is 3. The molecule has 1 aromatic heterocycles. The first-order chi connectivity index (χ1) is 17.5. The van der Waals surface area contributed by atoms with Gasteiger partial charge in [0.2, 0.25) is 0 Å². The molecule has 0 saturated heterocycles. The van der Waals surface area contributed by atoms with Crippen LogP contribution in [-0.2, 0) is 11.3 Å². The number of nitrogens with one attached hydrogen (secondary N) is 1. The van der Waals surface area contributed by atoms with Crippen molar-refractivity contribution in [2.75, 3.05) is 31.8 Å². The number of ketones is 1. The van der Waals surface area contributed by atoms with Crippen molar-refractivity contribution in [3.8, 4) is 17.2 Å². The smallest absolute Gasteiger partial charge is 0.287 e. The molecule has 36 heavy (non-hydrogen) atoms. The van der Waals surface area contributed by atoms with Gasteiger partial charge in [-0.25, -0.2) is 0 Å². The average Bonchev–Trinajstić information content (AvgIpc) is 3.62. The van der Waals surface area contributed by atoms with Crippen LogP contribution in [0.2, 0.25) is 0 Å². The zero-order valence-corrected chi connectivity index (χ0v) is 19.8. The van der Waals surface area contributed by atoms with Crippen molar-refractivity contribution in [2.45, 2.75) is 19.4 Å². The molecule has 9 heteroatoms. The van der Waals surface area contributed by atoms with Gasteiger partial charge in [-0.3, -0.25) is 19.3 Å². The second-order valence-electron chi connectivity index (χ2n) is 8.76. The van der Waals surface area contributed by atoms with Gasteiger partial charge in [-0.05, 0) is 73.4 Å². The third-order valence-electron chi connectivity index (χ3n) is 6.10. The van der Waals surface area contributed by atoms with Crippen molar-refractivity contribution in [1.82, 2.24) is 5.32 Å². The van der Waals surface area contributed by atoms with Crippen LogP contribution < -0.4 is 24.4 Å². The largest absolute Gasteiger partial charge is 0.497 e. The van der Waals surface area contributed by atoms with Gasteiger partial charge in [-0.1, -0.05) is 0 Å². The Labute approximate surface area is 207 Å². The van der Waals surface area contributed by atoms with Crippen LogP contribution in [0.3, 0.4) is 0 Å². The Morgan fingerprint density at radius 1 is 1.06 bits per heavy atom. The Hall–Kier alpha value is -4.27. The standard InChI is InChI=1S/C27H26N2O7/c1-33-19-5-7-20(8-6-19)34-15-23(30)18-4-10-24-22(12-18)29(26(31)16-35-24)14-21-9-11-25(36-21)27(32)28-13-17-2-3-17/h4-12,17H,2-3,13-16H2,1H3,(H,28,32). The number of fused-ring (bicyclic) bond motifs is 1. The van der Waals surface area contributed by atoms with Gasteiger partial charge in [0.05, 0.1) is 19.3 Å². The number of nitrogens with zero attached hydrogens (tertiary/aromatic N) is 1. The highest BCUT2D eigenvalue weighted by Gasteiger charge is 2.28. The number of methoxy groups -OCH3 is 1. The summed E-state index contributed by atoms with van der Waals surface area (Å²) in [5, 5.41) is 2.86. The fraction of sp³-hybridized carbons (Fsp3) is 0.296. The number of hydrogen-bond donors (Lipinski definition) is 1. The van der Waals surface area contributed by atoms with E-state index < -0.39 is 0 Å². The third kappa shape index (κ3) is 5.35. The summed E-state index contributed by atoms with van der Waals surface area (Å²) in [7, 11) is 1.57. The Morgan fingerprint density at radius 2 is 1.83 bits per heavy atom. The first kappa shape index (κ1) is 23.5. The summed E-state index contributed by atoms with van der Waals surface area (Å²) >= 11 is 0. The maximum Gasteiger partial charge on any atom is 0.287 e. The molecular formula is C27H26N2O7. The summed E-state index contributed by atoms with van der Waals surface area (Å²) in [5.74, 6) is 2.12. The van der Waals surface area contributed by atoms with E-state index in [1.807, 2.05) is 0 Å². The van der Waals surface area contributed by atoms with Crippen LogP contribution in [0.1, 0.15) is 39.5 Å². The molecule has 2 amide bonds. The molecule has 1 saturated carbocycles. The Balaban J connectivity index is 1.27. The lowest BCUT2D eigenvalue weighted by molar-refractivity contribution is -0.121. The summed E-state index contributed by atoms with van der Waals surface area (Å²) in [4.78, 5) is 39.3. The van der Waals surface area contributed by atoms with E-state index in [-0.39, 0.29) is 43.1 Å². The molecule has 1 fully saturated rings. The normalized spacial score (nSPS) is 14.6. The molecule has 0 atom stereocenters. The van der Waals surface area contributed by atoms with E-state index in [1.54, 1.807) is 61.7 Å². The van der Waals surface area contributed by atoms with Crippen LogP contribution in [0.15, 0.2) is 59.0 Å². The quantitative estimate of drug-likeness (QED) is 0.433. The molecular weight excluding hydrogens is 464 g/mol. The maximum absolute atomic E-state index is 12.8. The molecule has 0 spiro atoms. The second kappa shape index (κ2) is 10.2. The Kier molecular flexibility index (Phi) is 6.62. The molecule has 3 aromatic rings. The third-order valence-corrected chi connectivity index (χ3v) is 6.10. The van der Waals surface area contributed by atoms with E-state index in [1.165, 1.54) is 4.90 Å². The van der Waals surface area contributed by atoms with Crippen molar-refractivity contribution >= 4 is 23.3 Å². The number of ether oxygens (including phenoxy) is 3. The van der Waals surface area contributed by atoms with Crippen molar-refractivity contribution < 1.29 is 33.0 Å². The van der Waals surface area contributed by atoms with Crippen LogP contribution in [-0.4, -0.2) is 44.5 Å². The predicted octanol–water partition coefficient (Wildman–Crippen LogP) is 3.62. The average molecular weight is 491 g/mol. The van der Waals surface area contributed by atoms with Gasteiger partial charge in [0.15, 0.2) is 24.8 Å². The molecule has 1 N–H and O–H groups in total. The van der Waals surface area contributed by atoms with E-state index in [9.17, 15) is 14.4 Å². The van der Waals surface area contributed by atoms with Crippen LogP contribution in [0.25, 0.3) is 0 Å². The first-order valence-electron chi connectivity index (χ1n) is 11.7. The van der Waals surface area contributed by atoms with Gasteiger partial charge in [-0.2, -0.15) is 0 Å². The summed E-state index contributed by atoms with van der Waals surface area (Å²) in [6, 6.07) is 15.1. The predicted molar refractivity (Wildman–Crippen MR) is 130 cm³/mol. The fourth-order valence-electron chi connectivity index (χ4n) is 3.84. The minimum absolute atomic E-state index is 0.102. The van der Waals surface area contributed by atoms with E-state index >= 15 is 0 Å². The second-order valence-corrected chi connectivity index (χ2v) is 8.76. The SMILES string of the molecule is COc1ccc(OCC(=O)c2ccc3c(c2)N(Cc2ccc(C(=O)NCC4CC4)o2)C(=O)CO3)cc1. The minimum atomic E-state index is -0.280. The number of furan rings is 1. The van der Waals surface area contributed by atoms with Crippen LogP contribution in [0.5, 0.6) is 17.2 Å². The molecule has 5 rings (SSSR count). The van der Waals surface area contributed by atoms with Crippen molar-refractivity contribution in [2.24, 2.45) is 5.92 Å². The van der Waals surface area contributed by atoms with E-state index in [2.05, 4.69) is 5.32 Å². The van der Waals surface area contributed by atoms with Crippen LogP contribution >= 0.6 is 0 Å². The summed E-state index contributed by atoms with van der Waals surface area (Å²) < 4.78 is 22.0. The topological polar surface area (TPSA) is 107 Å². The lowest BCUT2D eigenvalue weighted by Gasteiger charge is -2.29. The van der Waals surface area contributed by atoms with Gasteiger partial charge in [0.1, 0.15) is 23.0 Å². The Bertz CT molecular complexity index is 1280. The molecule has 0 bridgehead atoms. The number of rotatable bonds is 10. The molecule has 1 aliphatic carbocycles. The fourth-order valence-corrected chi connectivity index (χ4v) is 3.84. The van der Waals surface area contributed by atoms with E-state index in [4.69, 9.17) is 18.6 Å².